The van der Waals surface area contributed by atoms with E-state index >= 15 is 0 Å². The highest BCUT2D eigenvalue weighted by Gasteiger charge is 2.01. The number of imidazole rings is 1. The van der Waals surface area contributed by atoms with E-state index in [1.807, 2.05) is 34.6 Å². The molecule has 19 heavy (non-hydrogen) atoms. The summed E-state index contributed by atoms with van der Waals surface area (Å²) in [5.41, 5.74) is 3.45. The molecule has 0 fully saturated rings. The number of H-pyrrole nitrogens is 1. The van der Waals surface area contributed by atoms with Crippen LogP contribution >= 0.6 is 0 Å². The molecule has 3 aromatic rings. The predicted molar refractivity (Wildman–Crippen MR) is 87.9 cm³/mol. The molecule has 0 unspecified atom stereocenters. The van der Waals surface area contributed by atoms with Gasteiger partial charge in [-0.2, -0.15) is 0 Å². The summed E-state index contributed by atoms with van der Waals surface area (Å²) in [6.07, 6.45) is 0. The number of fused-ring (bicyclic) bond motifs is 2. The second-order valence-corrected chi connectivity index (χ2v) is 4.04. The number of aromatic nitrogens is 2. The van der Waals surface area contributed by atoms with Crippen LogP contribution in [-0.4, -0.2) is 9.97 Å². The lowest BCUT2D eigenvalue weighted by Gasteiger charge is -1.99. The summed E-state index contributed by atoms with van der Waals surface area (Å²) >= 11 is 0. The van der Waals surface area contributed by atoms with Crippen molar-refractivity contribution < 1.29 is 1.43 Å². The van der Waals surface area contributed by atoms with E-state index in [1.54, 1.807) is 0 Å². The molecule has 0 bridgehead atoms. The summed E-state index contributed by atoms with van der Waals surface area (Å²) in [6, 6.07) is 10.8. The first kappa shape index (κ1) is 15.2. The largest absolute Gasteiger partial charge is 0.342 e. The fourth-order valence-electron chi connectivity index (χ4n) is 2.00. The number of rotatable bonds is 0. The summed E-state index contributed by atoms with van der Waals surface area (Å²) in [5, 5.41) is 2.52. The standard InChI is InChI=1S/C13H12N2.2C2H6.H2/c1-8-3-4-10-6-12-13(7-11(10)5-8)15-9(2)14-12;2*1-2;/h3-7H,1-2H3,(H,14,15);2*1-2H3;1H. The predicted octanol–water partition coefficient (Wildman–Crippen LogP) is 5.63. The first-order chi connectivity index (χ1) is 9.22. The zero-order chi connectivity index (χ0) is 14.4. The quantitative estimate of drug-likeness (QED) is 0.556. The highest BCUT2D eigenvalue weighted by molar-refractivity contribution is 5.95. The molecule has 1 heterocycles. The van der Waals surface area contributed by atoms with Crippen LogP contribution in [0.2, 0.25) is 0 Å². The second kappa shape index (κ2) is 6.93. The molecule has 104 valence electrons. The Morgan fingerprint density at radius 3 is 2.26 bits per heavy atom. The van der Waals surface area contributed by atoms with Gasteiger partial charge in [0.05, 0.1) is 11.0 Å². The SMILES string of the molecule is CC.CC.Cc1ccc2cc3nc(C)[nH]c3cc2c1.[HH]. The van der Waals surface area contributed by atoms with Crippen LogP contribution in [0.3, 0.4) is 0 Å². The minimum absolute atomic E-state index is 0. The van der Waals surface area contributed by atoms with Gasteiger partial charge in [0.25, 0.3) is 0 Å². The van der Waals surface area contributed by atoms with Gasteiger partial charge < -0.3 is 4.98 Å². The van der Waals surface area contributed by atoms with Crippen molar-refractivity contribution in [2.75, 3.05) is 0 Å². The average Bonchev–Trinajstić information content (AvgIpc) is 2.79. The fourth-order valence-corrected chi connectivity index (χ4v) is 2.00. The lowest BCUT2D eigenvalue weighted by atomic mass is 10.1. The lowest BCUT2D eigenvalue weighted by molar-refractivity contribution is 1.17. The van der Waals surface area contributed by atoms with Gasteiger partial charge in [0, 0.05) is 1.43 Å². The molecule has 0 aliphatic rings. The van der Waals surface area contributed by atoms with Crippen molar-refractivity contribution >= 4 is 21.8 Å². The van der Waals surface area contributed by atoms with E-state index in [1.165, 1.54) is 16.3 Å². The van der Waals surface area contributed by atoms with Gasteiger partial charge in [0.1, 0.15) is 5.82 Å². The first-order valence-corrected chi connectivity index (χ1v) is 7.09. The van der Waals surface area contributed by atoms with Crippen molar-refractivity contribution in [1.82, 2.24) is 9.97 Å². The first-order valence-electron chi connectivity index (χ1n) is 7.09. The summed E-state index contributed by atoms with van der Waals surface area (Å²) < 4.78 is 0. The van der Waals surface area contributed by atoms with E-state index in [4.69, 9.17) is 0 Å². The van der Waals surface area contributed by atoms with Gasteiger partial charge in [-0.25, -0.2) is 4.98 Å². The van der Waals surface area contributed by atoms with Gasteiger partial charge in [-0.1, -0.05) is 51.5 Å². The molecule has 0 aliphatic carbocycles. The molecule has 0 amide bonds. The van der Waals surface area contributed by atoms with E-state index in [-0.39, 0.29) is 1.43 Å². The van der Waals surface area contributed by atoms with Crippen LogP contribution in [-0.2, 0) is 0 Å². The van der Waals surface area contributed by atoms with Crippen LogP contribution in [0.15, 0.2) is 30.3 Å². The fraction of sp³-hybridized carbons (Fsp3) is 0.353. The smallest absolute Gasteiger partial charge is 0.104 e. The number of nitrogens with zero attached hydrogens (tertiary/aromatic N) is 1. The Hall–Kier alpha value is -1.83. The Labute approximate surface area is 117 Å². The van der Waals surface area contributed by atoms with E-state index in [9.17, 15) is 0 Å². The van der Waals surface area contributed by atoms with Crippen LogP contribution in [0.1, 0.15) is 40.5 Å². The molecule has 2 aromatic carbocycles. The normalized spacial score (nSPS) is 9.58. The molecule has 2 heteroatoms. The Kier molecular flexibility index (Phi) is 5.56. The van der Waals surface area contributed by atoms with Gasteiger partial charge >= 0.3 is 0 Å². The summed E-state index contributed by atoms with van der Waals surface area (Å²) in [7, 11) is 0. The Morgan fingerprint density at radius 1 is 0.895 bits per heavy atom. The van der Waals surface area contributed by atoms with Crippen molar-refractivity contribution in [1.29, 1.82) is 0 Å². The van der Waals surface area contributed by atoms with Crippen LogP contribution in [0, 0.1) is 13.8 Å². The van der Waals surface area contributed by atoms with Crippen molar-refractivity contribution in [3.8, 4) is 0 Å². The number of aryl methyl sites for hydroxylation is 2. The third kappa shape index (κ3) is 3.34. The Morgan fingerprint density at radius 2 is 1.58 bits per heavy atom. The number of hydrogen-bond donors (Lipinski definition) is 1. The van der Waals surface area contributed by atoms with Crippen molar-refractivity contribution in [2.45, 2.75) is 41.5 Å². The van der Waals surface area contributed by atoms with Crippen LogP contribution in [0.25, 0.3) is 21.8 Å². The number of aromatic amines is 1. The molecule has 3 rings (SSSR count). The maximum atomic E-state index is 4.43. The van der Waals surface area contributed by atoms with Crippen molar-refractivity contribution in [2.24, 2.45) is 0 Å². The maximum Gasteiger partial charge on any atom is 0.104 e. The zero-order valence-electron chi connectivity index (χ0n) is 12.8. The molecule has 0 saturated heterocycles. The van der Waals surface area contributed by atoms with E-state index in [2.05, 4.69) is 47.2 Å². The average molecular weight is 258 g/mol. The van der Waals surface area contributed by atoms with E-state index < -0.39 is 0 Å². The highest BCUT2D eigenvalue weighted by atomic mass is 14.9. The van der Waals surface area contributed by atoms with Crippen molar-refractivity contribution in [3.05, 3.63) is 41.7 Å². The Bertz CT molecular complexity index is 656. The van der Waals surface area contributed by atoms with E-state index in [0.29, 0.717) is 0 Å². The highest BCUT2D eigenvalue weighted by Crippen LogP contribution is 2.22. The molecule has 0 radical (unpaired) electrons. The molecule has 1 aromatic heterocycles. The van der Waals surface area contributed by atoms with Crippen LogP contribution < -0.4 is 0 Å². The van der Waals surface area contributed by atoms with Gasteiger partial charge in [0.15, 0.2) is 0 Å². The summed E-state index contributed by atoms with van der Waals surface area (Å²) in [4.78, 5) is 7.69. The molecule has 0 atom stereocenters. The maximum absolute atomic E-state index is 4.43. The Balaban J connectivity index is 0.000000667. The molecule has 0 spiro atoms. The van der Waals surface area contributed by atoms with Crippen LogP contribution in [0.5, 0.6) is 0 Å². The molecule has 0 saturated carbocycles. The van der Waals surface area contributed by atoms with Gasteiger partial charge in [-0.15, -0.1) is 0 Å². The number of hydrogen-bond acceptors (Lipinski definition) is 1. The second-order valence-electron chi connectivity index (χ2n) is 4.04. The minimum atomic E-state index is 0. The zero-order valence-corrected chi connectivity index (χ0v) is 12.8. The van der Waals surface area contributed by atoms with Crippen molar-refractivity contribution in [3.63, 3.8) is 0 Å². The lowest BCUT2D eigenvalue weighted by Crippen LogP contribution is -1.76. The monoisotopic (exact) mass is 258 g/mol. The third-order valence-corrected chi connectivity index (χ3v) is 2.71. The molecule has 1 N–H and O–H groups in total. The van der Waals surface area contributed by atoms with Gasteiger partial charge in [-0.05, 0) is 36.8 Å². The van der Waals surface area contributed by atoms with E-state index in [0.717, 1.165) is 16.9 Å². The van der Waals surface area contributed by atoms with Gasteiger partial charge in [0.2, 0.25) is 0 Å². The number of nitrogens with one attached hydrogen (secondary N) is 1. The molecular weight excluding hydrogens is 232 g/mol. The molecular formula is C17H26N2. The topological polar surface area (TPSA) is 28.7 Å². The van der Waals surface area contributed by atoms with Crippen LogP contribution in [0.4, 0.5) is 0 Å². The number of benzene rings is 2. The molecule has 2 nitrogen and oxygen atoms in total. The third-order valence-electron chi connectivity index (χ3n) is 2.71. The minimum Gasteiger partial charge on any atom is -0.342 e. The summed E-state index contributed by atoms with van der Waals surface area (Å²) in [5.74, 6) is 0.969. The molecule has 0 aliphatic heterocycles. The summed E-state index contributed by atoms with van der Waals surface area (Å²) in [6.45, 7) is 12.1. The van der Waals surface area contributed by atoms with Gasteiger partial charge in [-0.3, -0.25) is 0 Å².